The van der Waals surface area contributed by atoms with E-state index in [0.29, 0.717) is 10.3 Å². The molecule has 0 unspecified atom stereocenters. The van der Waals surface area contributed by atoms with Crippen LogP contribution in [0.5, 0.6) is 0 Å². The smallest absolute Gasteiger partial charge is 0.182 e. The van der Waals surface area contributed by atoms with E-state index in [0.717, 1.165) is 16.7 Å². The third-order valence-corrected chi connectivity index (χ3v) is 4.17. The Hall–Kier alpha value is -2.03. The van der Waals surface area contributed by atoms with Gasteiger partial charge < -0.3 is 4.98 Å². The van der Waals surface area contributed by atoms with E-state index in [-0.39, 0.29) is 0 Å². The fourth-order valence-electron chi connectivity index (χ4n) is 2.16. The number of hydrogen-bond acceptors (Lipinski definition) is 3. The highest BCUT2D eigenvalue weighted by Gasteiger charge is 2.07. The van der Waals surface area contributed by atoms with Gasteiger partial charge in [-0.15, -0.1) is 11.8 Å². The van der Waals surface area contributed by atoms with Gasteiger partial charge in [0.15, 0.2) is 4.77 Å². The third kappa shape index (κ3) is 2.13. The molecule has 0 spiro atoms. The van der Waals surface area contributed by atoms with Crippen molar-refractivity contribution >= 4 is 35.0 Å². The first-order valence-corrected chi connectivity index (χ1v) is 7.65. The summed E-state index contributed by atoms with van der Waals surface area (Å²) in [4.78, 5) is 4.37. The predicted molar refractivity (Wildman–Crippen MR) is 85.0 cm³/mol. The summed E-state index contributed by atoms with van der Waals surface area (Å²) in [5.74, 6) is 0. The number of benzene rings is 2. The first kappa shape index (κ1) is 13.0. The molecule has 1 heterocycles. The highest BCUT2D eigenvalue weighted by molar-refractivity contribution is 7.98. The molecule has 0 aliphatic rings. The van der Waals surface area contributed by atoms with Gasteiger partial charge in [-0.25, -0.2) is 0 Å². The first-order valence-electron chi connectivity index (χ1n) is 6.02. The van der Waals surface area contributed by atoms with Crippen molar-refractivity contribution in [2.45, 2.75) is 4.90 Å². The monoisotopic (exact) mass is 297 g/mol. The van der Waals surface area contributed by atoms with Crippen molar-refractivity contribution in [2.24, 2.45) is 0 Å². The van der Waals surface area contributed by atoms with Crippen LogP contribution in [0, 0.1) is 16.1 Å². The van der Waals surface area contributed by atoms with Crippen LogP contribution in [0.1, 0.15) is 5.56 Å². The van der Waals surface area contributed by atoms with E-state index in [2.05, 4.69) is 23.2 Å². The number of aromatic nitrogens is 2. The Kier molecular flexibility index (Phi) is 3.35. The molecular weight excluding hydrogens is 286 g/mol. The number of H-pyrrole nitrogens is 1. The molecule has 0 saturated carbocycles. The Labute approximate surface area is 125 Å². The van der Waals surface area contributed by atoms with Crippen LogP contribution in [0.4, 0.5) is 0 Å². The highest BCUT2D eigenvalue weighted by Crippen LogP contribution is 2.23. The number of thioether (sulfide) groups is 1. The lowest BCUT2D eigenvalue weighted by molar-refractivity contribution is 1.06. The van der Waals surface area contributed by atoms with E-state index < -0.39 is 0 Å². The highest BCUT2D eigenvalue weighted by atomic mass is 32.2. The number of aromatic amines is 1. The van der Waals surface area contributed by atoms with Gasteiger partial charge in [0.25, 0.3) is 0 Å². The molecule has 1 N–H and O–H groups in total. The summed E-state index contributed by atoms with van der Waals surface area (Å²) in [5, 5.41) is 9.04. The molecule has 5 heteroatoms. The lowest BCUT2D eigenvalue weighted by atomic mass is 10.2. The number of hydrogen-bond donors (Lipinski definition) is 1. The number of nitriles is 1. The van der Waals surface area contributed by atoms with E-state index in [9.17, 15) is 0 Å². The molecule has 2 aromatic carbocycles. The largest absolute Gasteiger partial charge is 0.330 e. The molecule has 3 aromatic rings. The molecule has 0 aliphatic carbocycles. The van der Waals surface area contributed by atoms with Crippen molar-refractivity contribution in [1.29, 1.82) is 5.26 Å². The van der Waals surface area contributed by atoms with Gasteiger partial charge in [0.1, 0.15) is 0 Å². The zero-order chi connectivity index (χ0) is 14.1. The van der Waals surface area contributed by atoms with Crippen molar-refractivity contribution in [1.82, 2.24) is 9.55 Å². The van der Waals surface area contributed by atoms with E-state index in [1.807, 2.05) is 35.1 Å². The fraction of sp³-hybridized carbons (Fsp3) is 0.0667. The van der Waals surface area contributed by atoms with Crippen LogP contribution in [-0.4, -0.2) is 15.8 Å². The zero-order valence-electron chi connectivity index (χ0n) is 10.8. The molecule has 3 rings (SSSR count). The van der Waals surface area contributed by atoms with E-state index >= 15 is 0 Å². The van der Waals surface area contributed by atoms with Gasteiger partial charge in [-0.3, -0.25) is 4.57 Å². The molecule has 0 amide bonds. The molecular formula is C15H11N3S2. The number of imidazole rings is 1. The van der Waals surface area contributed by atoms with Crippen molar-refractivity contribution < 1.29 is 0 Å². The SMILES string of the molecule is CSc1ccc(-n2c(=S)[nH]c3ccc(C#N)cc32)cc1. The number of fused-ring (bicyclic) bond motifs is 1. The Morgan fingerprint density at radius 3 is 2.60 bits per heavy atom. The quantitative estimate of drug-likeness (QED) is 0.567. The molecule has 98 valence electrons. The van der Waals surface area contributed by atoms with Gasteiger partial charge in [-0.1, -0.05) is 0 Å². The standard InChI is InChI=1S/C15H11N3S2/c1-20-12-5-3-11(4-6-12)18-14-8-10(9-16)2-7-13(14)17-15(18)19/h2-8H,1H3,(H,17,19). The maximum atomic E-state index is 9.04. The fourth-order valence-corrected chi connectivity index (χ4v) is 2.88. The van der Waals surface area contributed by atoms with Gasteiger partial charge in [0.05, 0.1) is 22.7 Å². The number of nitrogens with zero attached hydrogens (tertiary/aromatic N) is 2. The van der Waals surface area contributed by atoms with Gasteiger partial charge in [-0.2, -0.15) is 5.26 Å². The Bertz CT molecular complexity index is 867. The topological polar surface area (TPSA) is 44.5 Å². The summed E-state index contributed by atoms with van der Waals surface area (Å²) in [6, 6.07) is 15.9. The average Bonchev–Trinajstić information content (AvgIpc) is 2.82. The molecule has 0 saturated heterocycles. The van der Waals surface area contributed by atoms with Crippen LogP contribution < -0.4 is 0 Å². The van der Waals surface area contributed by atoms with Gasteiger partial charge in [-0.05, 0) is 60.9 Å². The summed E-state index contributed by atoms with van der Waals surface area (Å²) in [5.41, 5.74) is 3.48. The zero-order valence-corrected chi connectivity index (χ0v) is 12.4. The molecule has 0 radical (unpaired) electrons. The van der Waals surface area contributed by atoms with Crippen LogP contribution in [-0.2, 0) is 0 Å². The van der Waals surface area contributed by atoms with Crippen molar-refractivity contribution in [3.05, 3.63) is 52.8 Å². The molecule has 0 fully saturated rings. The second kappa shape index (κ2) is 5.16. The summed E-state index contributed by atoms with van der Waals surface area (Å²) in [6.07, 6.45) is 2.05. The van der Waals surface area contributed by atoms with Gasteiger partial charge in [0, 0.05) is 10.6 Å². The maximum absolute atomic E-state index is 9.04. The molecule has 1 aromatic heterocycles. The van der Waals surface area contributed by atoms with E-state index in [1.54, 1.807) is 17.8 Å². The van der Waals surface area contributed by atoms with Crippen LogP contribution in [0.3, 0.4) is 0 Å². The molecule has 0 atom stereocenters. The summed E-state index contributed by atoms with van der Waals surface area (Å²) in [7, 11) is 0. The molecule has 0 aliphatic heterocycles. The van der Waals surface area contributed by atoms with Crippen LogP contribution in [0.15, 0.2) is 47.4 Å². The minimum atomic E-state index is 0.626. The van der Waals surface area contributed by atoms with Crippen LogP contribution in [0.2, 0.25) is 0 Å². The van der Waals surface area contributed by atoms with Crippen LogP contribution >= 0.6 is 24.0 Å². The first-order chi connectivity index (χ1) is 9.72. The summed E-state index contributed by atoms with van der Waals surface area (Å²) < 4.78 is 2.59. The van der Waals surface area contributed by atoms with Gasteiger partial charge >= 0.3 is 0 Å². The van der Waals surface area contributed by atoms with E-state index in [4.69, 9.17) is 17.5 Å². The lowest BCUT2D eigenvalue weighted by Crippen LogP contribution is -1.93. The number of nitrogens with one attached hydrogen (secondary N) is 1. The molecule has 0 bridgehead atoms. The summed E-state index contributed by atoms with van der Waals surface area (Å²) in [6.45, 7) is 0. The Morgan fingerprint density at radius 2 is 1.95 bits per heavy atom. The predicted octanol–water partition coefficient (Wildman–Crippen LogP) is 4.28. The average molecular weight is 297 g/mol. The second-order valence-electron chi connectivity index (χ2n) is 4.31. The maximum Gasteiger partial charge on any atom is 0.182 e. The Balaban J connectivity index is 2.26. The van der Waals surface area contributed by atoms with E-state index in [1.165, 1.54) is 4.90 Å². The lowest BCUT2D eigenvalue weighted by Gasteiger charge is -2.05. The number of rotatable bonds is 2. The third-order valence-electron chi connectivity index (χ3n) is 3.14. The second-order valence-corrected chi connectivity index (χ2v) is 5.57. The Morgan fingerprint density at radius 1 is 1.20 bits per heavy atom. The van der Waals surface area contributed by atoms with Gasteiger partial charge in [0.2, 0.25) is 0 Å². The van der Waals surface area contributed by atoms with Crippen molar-refractivity contribution in [3.63, 3.8) is 0 Å². The van der Waals surface area contributed by atoms with Crippen molar-refractivity contribution in [3.8, 4) is 11.8 Å². The minimum Gasteiger partial charge on any atom is -0.330 e. The summed E-state index contributed by atoms with van der Waals surface area (Å²) >= 11 is 7.10. The minimum absolute atomic E-state index is 0.626. The molecule has 3 nitrogen and oxygen atoms in total. The van der Waals surface area contributed by atoms with Crippen molar-refractivity contribution in [2.75, 3.05) is 6.26 Å². The molecule has 20 heavy (non-hydrogen) atoms. The normalized spacial score (nSPS) is 10.6. The van der Waals surface area contributed by atoms with Crippen LogP contribution in [0.25, 0.3) is 16.7 Å².